The molecule has 0 saturated carbocycles. The van der Waals surface area contributed by atoms with Crippen molar-refractivity contribution in [2.75, 3.05) is 17.3 Å². The highest BCUT2D eigenvalue weighted by atomic mass is 35.5. The van der Waals surface area contributed by atoms with Crippen LogP contribution in [0, 0.1) is 5.92 Å². The number of aromatic nitrogens is 1. The molecule has 1 aliphatic rings. The highest BCUT2D eigenvalue weighted by molar-refractivity contribution is 7.17. The van der Waals surface area contributed by atoms with Gasteiger partial charge in [0.2, 0.25) is 5.91 Å². The van der Waals surface area contributed by atoms with E-state index in [1.54, 1.807) is 4.90 Å². The molecule has 1 unspecified atom stereocenters. The smallest absolute Gasteiger partial charge is 0.229 e. The summed E-state index contributed by atoms with van der Waals surface area (Å²) >= 11 is 6.94. The summed E-state index contributed by atoms with van der Waals surface area (Å²) in [5.41, 5.74) is 0. The van der Waals surface area contributed by atoms with Crippen LogP contribution in [-0.2, 0) is 4.79 Å². The summed E-state index contributed by atoms with van der Waals surface area (Å²) < 4.78 is 0. The number of anilines is 1. The summed E-state index contributed by atoms with van der Waals surface area (Å²) in [6.45, 7) is 0.605. The number of halogens is 1. The summed E-state index contributed by atoms with van der Waals surface area (Å²) in [7, 11) is 0. The van der Waals surface area contributed by atoms with E-state index in [4.69, 9.17) is 11.6 Å². The molecule has 0 radical (unpaired) electrons. The van der Waals surface area contributed by atoms with Crippen molar-refractivity contribution in [3.8, 4) is 0 Å². The normalized spacial score (nSPS) is 21.0. The van der Waals surface area contributed by atoms with Gasteiger partial charge < -0.3 is 0 Å². The number of hydrogen-bond acceptors (Lipinski definition) is 4. The maximum Gasteiger partial charge on any atom is 0.229 e. The Morgan fingerprint density at radius 1 is 1.73 bits per heavy atom. The van der Waals surface area contributed by atoms with E-state index in [-0.39, 0.29) is 11.8 Å². The van der Waals surface area contributed by atoms with Crippen LogP contribution in [0.2, 0.25) is 0 Å². The molecule has 1 fully saturated rings. The number of nitrogens with zero attached hydrogens (tertiary/aromatic N) is 2. The first kappa shape index (κ1) is 10.6. The molecule has 1 atom stereocenters. The second-order valence-corrected chi connectivity index (χ2v) is 4.74. The minimum absolute atomic E-state index is 0.0347. The van der Waals surface area contributed by atoms with Gasteiger partial charge in [0.1, 0.15) is 0 Å². The van der Waals surface area contributed by atoms with Crippen molar-refractivity contribution in [1.29, 1.82) is 0 Å². The SMILES string of the molecule is O=Cc1cnc(N2CC(CCl)CC2=O)s1. The first-order valence-corrected chi connectivity index (χ1v) is 5.87. The first-order valence-electron chi connectivity index (χ1n) is 4.52. The minimum atomic E-state index is 0.0347. The zero-order valence-electron chi connectivity index (χ0n) is 7.85. The molecule has 80 valence electrons. The largest absolute Gasteiger partial charge is 0.297 e. The predicted octanol–water partition coefficient (Wildman–Crippen LogP) is 1.55. The van der Waals surface area contributed by atoms with Crippen molar-refractivity contribution >= 4 is 40.3 Å². The number of carbonyl (C=O) groups excluding carboxylic acids is 2. The third-order valence-corrected chi connectivity index (χ3v) is 3.66. The Morgan fingerprint density at radius 2 is 2.53 bits per heavy atom. The fourth-order valence-electron chi connectivity index (χ4n) is 1.53. The Labute approximate surface area is 95.9 Å². The lowest BCUT2D eigenvalue weighted by Gasteiger charge is -2.11. The van der Waals surface area contributed by atoms with Crippen LogP contribution in [0.4, 0.5) is 5.13 Å². The van der Waals surface area contributed by atoms with Gasteiger partial charge in [-0.15, -0.1) is 11.6 Å². The quantitative estimate of drug-likeness (QED) is 0.599. The van der Waals surface area contributed by atoms with Gasteiger partial charge in [-0.3, -0.25) is 14.5 Å². The molecular formula is C9H9ClN2O2S. The van der Waals surface area contributed by atoms with E-state index in [1.807, 2.05) is 0 Å². The lowest BCUT2D eigenvalue weighted by Crippen LogP contribution is -2.24. The van der Waals surface area contributed by atoms with E-state index >= 15 is 0 Å². The molecule has 1 saturated heterocycles. The third kappa shape index (κ3) is 2.03. The van der Waals surface area contributed by atoms with Gasteiger partial charge in [0.15, 0.2) is 11.4 Å². The topological polar surface area (TPSA) is 50.3 Å². The van der Waals surface area contributed by atoms with Crippen LogP contribution in [0.5, 0.6) is 0 Å². The van der Waals surface area contributed by atoms with Crippen LogP contribution < -0.4 is 4.90 Å². The van der Waals surface area contributed by atoms with Gasteiger partial charge in [-0.25, -0.2) is 4.98 Å². The summed E-state index contributed by atoms with van der Waals surface area (Å²) in [5, 5.41) is 0.592. The molecule has 4 nitrogen and oxygen atoms in total. The summed E-state index contributed by atoms with van der Waals surface area (Å²) in [4.78, 5) is 28.2. The zero-order valence-corrected chi connectivity index (χ0v) is 9.42. The molecule has 1 amide bonds. The second kappa shape index (κ2) is 4.28. The van der Waals surface area contributed by atoms with Gasteiger partial charge in [-0.05, 0) is 5.92 Å². The fraction of sp³-hybridized carbons (Fsp3) is 0.444. The van der Waals surface area contributed by atoms with Crippen LogP contribution in [0.15, 0.2) is 6.20 Å². The van der Waals surface area contributed by atoms with Crippen LogP contribution in [0.1, 0.15) is 16.1 Å². The Kier molecular flexibility index (Phi) is 3.02. The van der Waals surface area contributed by atoms with Gasteiger partial charge in [-0.1, -0.05) is 11.3 Å². The van der Waals surface area contributed by atoms with E-state index in [0.29, 0.717) is 28.9 Å². The first-order chi connectivity index (χ1) is 7.24. The molecule has 0 bridgehead atoms. The average molecular weight is 245 g/mol. The van der Waals surface area contributed by atoms with Crippen LogP contribution >= 0.6 is 22.9 Å². The molecule has 2 heterocycles. The number of amides is 1. The van der Waals surface area contributed by atoms with Crippen molar-refractivity contribution < 1.29 is 9.59 Å². The third-order valence-electron chi connectivity index (χ3n) is 2.28. The Balaban J connectivity index is 2.17. The van der Waals surface area contributed by atoms with Crippen molar-refractivity contribution in [3.05, 3.63) is 11.1 Å². The summed E-state index contributed by atoms with van der Waals surface area (Å²) in [5.74, 6) is 0.712. The van der Waals surface area contributed by atoms with Gasteiger partial charge >= 0.3 is 0 Å². The zero-order chi connectivity index (χ0) is 10.8. The maximum atomic E-state index is 11.6. The lowest BCUT2D eigenvalue weighted by atomic mass is 10.2. The number of alkyl halides is 1. The van der Waals surface area contributed by atoms with Crippen molar-refractivity contribution in [2.24, 2.45) is 5.92 Å². The fourth-order valence-corrected chi connectivity index (χ4v) is 2.49. The molecule has 1 aliphatic heterocycles. The average Bonchev–Trinajstić information content (AvgIpc) is 2.83. The molecule has 0 spiro atoms. The summed E-state index contributed by atoms with van der Waals surface area (Å²) in [6, 6.07) is 0. The van der Waals surface area contributed by atoms with Gasteiger partial charge in [0.05, 0.1) is 11.1 Å². The molecule has 1 aromatic heterocycles. The molecule has 0 aliphatic carbocycles. The molecule has 1 aromatic rings. The number of hydrogen-bond donors (Lipinski definition) is 0. The van der Waals surface area contributed by atoms with Gasteiger partial charge in [-0.2, -0.15) is 0 Å². The highest BCUT2D eigenvalue weighted by Crippen LogP contribution is 2.28. The Morgan fingerprint density at radius 3 is 3.07 bits per heavy atom. The number of thiazole rings is 1. The lowest BCUT2D eigenvalue weighted by molar-refractivity contribution is -0.117. The Hall–Kier alpha value is -0.940. The van der Waals surface area contributed by atoms with Crippen molar-refractivity contribution in [1.82, 2.24) is 4.98 Å². The van der Waals surface area contributed by atoms with Gasteiger partial charge in [0, 0.05) is 18.8 Å². The minimum Gasteiger partial charge on any atom is -0.297 e. The molecule has 0 aromatic carbocycles. The number of rotatable bonds is 3. The second-order valence-electron chi connectivity index (χ2n) is 3.39. The summed E-state index contributed by atoms with van der Waals surface area (Å²) in [6.07, 6.45) is 2.69. The Bertz CT molecular complexity index is 393. The predicted molar refractivity (Wildman–Crippen MR) is 58.7 cm³/mol. The van der Waals surface area contributed by atoms with Crippen molar-refractivity contribution in [3.63, 3.8) is 0 Å². The van der Waals surface area contributed by atoms with Gasteiger partial charge in [0.25, 0.3) is 0 Å². The van der Waals surface area contributed by atoms with Crippen LogP contribution in [-0.4, -0.2) is 29.6 Å². The molecule has 0 N–H and O–H groups in total. The maximum absolute atomic E-state index is 11.6. The van der Waals surface area contributed by atoms with E-state index in [0.717, 1.165) is 6.29 Å². The van der Waals surface area contributed by atoms with E-state index < -0.39 is 0 Å². The van der Waals surface area contributed by atoms with Crippen molar-refractivity contribution in [2.45, 2.75) is 6.42 Å². The number of aldehydes is 1. The van der Waals surface area contributed by atoms with E-state index in [9.17, 15) is 9.59 Å². The standard InChI is InChI=1S/C9H9ClN2O2S/c10-2-6-1-8(14)12(4-6)9-11-3-7(5-13)15-9/h3,5-6H,1-2,4H2. The van der Waals surface area contributed by atoms with E-state index in [1.165, 1.54) is 17.5 Å². The number of carbonyl (C=O) groups is 2. The monoisotopic (exact) mass is 244 g/mol. The molecule has 15 heavy (non-hydrogen) atoms. The molecule has 2 rings (SSSR count). The van der Waals surface area contributed by atoms with E-state index in [2.05, 4.69) is 4.98 Å². The van der Waals surface area contributed by atoms with Crippen LogP contribution in [0.3, 0.4) is 0 Å². The highest BCUT2D eigenvalue weighted by Gasteiger charge is 2.31. The molecular weight excluding hydrogens is 236 g/mol. The van der Waals surface area contributed by atoms with Crippen LogP contribution in [0.25, 0.3) is 0 Å². The molecule has 6 heteroatoms.